The van der Waals surface area contributed by atoms with Crippen LogP contribution in [-0.4, -0.2) is 29.2 Å². The molecule has 0 aromatic carbocycles. The lowest BCUT2D eigenvalue weighted by Gasteiger charge is -2.06. The van der Waals surface area contributed by atoms with Gasteiger partial charge < -0.3 is 4.90 Å². The highest BCUT2D eigenvalue weighted by molar-refractivity contribution is 4.98. The van der Waals surface area contributed by atoms with Crippen molar-refractivity contribution in [3.63, 3.8) is 0 Å². The predicted molar refractivity (Wildman–Crippen MR) is 42.2 cm³/mol. The van der Waals surface area contributed by atoms with E-state index in [1.165, 1.54) is 6.07 Å². The molecule has 11 heavy (non-hydrogen) atoms. The van der Waals surface area contributed by atoms with Crippen molar-refractivity contribution in [2.24, 2.45) is 0 Å². The Labute approximate surface area is 64.9 Å². The van der Waals surface area contributed by atoms with Gasteiger partial charge in [0, 0.05) is 12.6 Å². The molecule has 0 bridgehead atoms. The standard InChI is InChI=1S/C7H11N3O/c1-10(2)5-6-3-4-7(11)9-8-6/h3-4H,5H2,1-2H3,(H,9,11). The van der Waals surface area contributed by atoms with E-state index in [4.69, 9.17) is 0 Å². The maximum Gasteiger partial charge on any atom is 0.264 e. The zero-order chi connectivity index (χ0) is 8.27. The first-order valence-electron chi connectivity index (χ1n) is 3.38. The molecule has 0 spiro atoms. The summed E-state index contributed by atoms with van der Waals surface area (Å²) in [6.07, 6.45) is 0. The Hall–Kier alpha value is -1.16. The largest absolute Gasteiger partial charge is 0.304 e. The molecule has 1 aromatic heterocycles. The average molecular weight is 153 g/mol. The summed E-state index contributed by atoms with van der Waals surface area (Å²) in [6, 6.07) is 3.20. The van der Waals surface area contributed by atoms with Gasteiger partial charge in [-0.3, -0.25) is 4.79 Å². The van der Waals surface area contributed by atoms with Crippen molar-refractivity contribution in [3.05, 3.63) is 28.2 Å². The minimum atomic E-state index is -0.160. The molecule has 0 fully saturated rings. The van der Waals surface area contributed by atoms with Crippen molar-refractivity contribution in [2.45, 2.75) is 6.54 Å². The van der Waals surface area contributed by atoms with Gasteiger partial charge in [0.2, 0.25) is 0 Å². The zero-order valence-corrected chi connectivity index (χ0v) is 6.66. The number of nitrogens with one attached hydrogen (secondary N) is 1. The van der Waals surface area contributed by atoms with Crippen molar-refractivity contribution in [1.82, 2.24) is 15.1 Å². The van der Waals surface area contributed by atoms with Crippen LogP contribution in [0.3, 0.4) is 0 Å². The number of aromatic amines is 1. The highest BCUT2D eigenvalue weighted by atomic mass is 16.1. The van der Waals surface area contributed by atoms with Gasteiger partial charge in [0.25, 0.3) is 5.56 Å². The van der Waals surface area contributed by atoms with Crippen molar-refractivity contribution in [1.29, 1.82) is 0 Å². The molecule has 0 aliphatic carbocycles. The highest BCUT2D eigenvalue weighted by Crippen LogP contribution is 1.91. The topological polar surface area (TPSA) is 49.0 Å². The van der Waals surface area contributed by atoms with Crippen LogP contribution >= 0.6 is 0 Å². The molecule has 4 heteroatoms. The van der Waals surface area contributed by atoms with Gasteiger partial charge in [-0.2, -0.15) is 5.10 Å². The summed E-state index contributed by atoms with van der Waals surface area (Å²) in [5, 5.41) is 6.21. The quantitative estimate of drug-likeness (QED) is 0.641. The Bertz CT molecular complexity index is 259. The van der Waals surface area contributed by atoms with Crippen LogP contribution < -0.4 is 5.56 Å². The van der Waals surface area contributed by atoms with Crippen LogP contribution in [-0.2, 0) is 6.54 Å². The van der Waals surface area contributed by atoms with E-state index in [9.17, 15) is 4.79 Å². The molecule has 0 radical (unpaired) electrons. The summed E-state index contributed by atoms with van der Waals surface area (Å²) in [5.74, 6) is 0. The number of hydrogen-bond donors (Lipinski definition) is 1. The first-order valence-corrected chi connectivity index (χ1v) is 3.38. The Kier molecular flexibility index (Phi) is 2.38. The fraction of sp³-hybridized carbons (Fsp3) is 0.429. The van der Waals surface area contributed by atoms with Crippen molar-refractivity contribution in [3.8, 4) is 0 Å². The summed E-state index contributed by atoms with van der Waals surface area (Å²) in [6.45, 7) is 0.747. The van der Waals surface area contributed by atoms with E-state index in [1.54, 1.807) is 6.07 Å². The summed E-state index contributed by atoms with van der Waals surface area (Å²) >= 11 is 0. The van der Waals surface area contributed by atoms with E-state index >= 15 is 0 Å². The molecule has 4 nitrogen and oxygen atoms in total. The van der Waals surface area contributed by atoms with Crippen LogP contribution in [0.4, 0.5) is 0 Å². The Morgan fingerprint density at radius 2 is 2.27 bits per heavy atom. The van der Waals surface area contributed by atoms with E-state index in [0.29, 0.717) is 0 Å². The third kappa shape index (κ3) is 2.51. The molecule has 0 aliphatic heterocycles. The predicted octanol–water partition coefficient (Wildman–Crippen LogP) is -0.169. The normalized spacial score (nSPS) is 10.5. The van der Waals surface area contributed by atoms with Crippen LogP contribution in [0.25, 0.3) is 0 Å². The first kappa shape index (κ1) is 7.94. The Morgan fingerprint density at radius 3 is 2.73 bits per heavy atom. The maximum absolute atomic E-state index is 10.6. The van der Waals surface area contributed by atoms with Crippen LogP contribution in [0.1, 0.15) is 5.69 Å². The summed E-state index contributed by atoms with van der Waals surface area (Å²) < 4.78 is 0. The van der Waals surface area contributed by atoms with Gasteiger partial charge >= 0.3 is 0 Å². The van der Waals surface area contributed by atoms with E-state index in [1.807, 2.05) is 19.0 Å². The van der Waals surface area contributed by atoms with Gasteiger partial charge in [-0.15, -0.1) is 0 Å². The minimum Gasteiger partial charge on any atom is -0.304 e. The Morgan fingerprint density at radius 1 is 1.55 bits per heavy atom. The molecule has 0 atom stereocenters. The molecule has 0 amide bonds. The van der Waals surface area contributed by atoms with Gasteiger partial charge in [0.1, 0.15) is 0 Å². The number of rotatable bonds is 2. The third-order valence-electron chi connectivity index (χ3n) is 1.22. The SMILES string of the molecule is CN(C)Cc1ccc(=O)[nH]n1. The Balaban J connectivity index is 2.74. The third-order valence-corrected chi connectivity index (χ3v) is 1.22. The van der Waals surface area contributed by atoms with Gasteiger partial charge in [-0.25, -0.2) is 5.10 Å². The van der Waals surface area contributed by atoms with Crippen molar-refractivity contribution < 1.29 is 0 Å². The van der Waals surface area contributed by atoms with Gasteiger partial charge in [0.05, 0.1) is 5.69 Å². The van der Waals surface area contributed by atoms with E-state index < -0.39 is 0 Å². The van der Waals surface area contributed by atoms with Crippen LogP contribution in [0, 0.1) is 0 Å². The van der Waals surface area contributed by atoms with Gasteiger partial charge in [-0.1, -0.05) is 0 Å². The van der Waals surface area contributed by atoms with Crippen molar-refractivity contribution in [2.75, 3.05) is 14.1 Å². The molecule has 1 heterocycles. The minimum absolute atomic E-state index is 0.160. The fourth-order valence-corrected chi connectivity index (χ4v) is 0.785. The lowest BCUT2D eigenvalue weighted by atomic mass is 10.4. The summed E-state index contributed by atoms with van der Waals surface area (Å²) in [4.78, 5) is 12.6. The number of hydrogen-bond acceptors (Lipinski definition) is 3. The van der Waals surface area contributed by atoms with E-state index in [-0.39, 0.29) is 5.56 Å². The second-order valence-electron chi connectivity index (χ2n) is 2.65. The molecule has 0 saturated heterocycles. The van der Waals surface area contributed by atoms with E-state index in [0.717, 1.165) is 12.2 Å². The molecular weight excluding hydrogens is 142 g/mol. The smallest absolute Gasteiger partial charge is 0.264 e. The molecule has 0 aliphatic rings. The summed E-state index contributed by atoms with van der Waals surface area (Å²) in [7, 11) is 3.90. The van der Waals surface area contributed by atoms with Crippen LogP contribution in [0.5, 0.6) is 0 Å². The molecule has 1 rings (SSSR count). The number of aromatic nitrogens is 2. The van der Waals surface area contributed by atoms with Crippen LogP contribution in [0.15, 0.2) is 16.9 Å². The zero-order valence-electron chi connectivity index (χ0n) is 6.66. The second-order valence-corrected chi connectivity index (χ2v) is 2.65. The molecule has 60 valence electrons. The molecule has 0 unspecified atom stereocenters. The first-order chi connectivity index (χ1) is 5.18. The average Bonchev–Trinajstić information content (AvgIpc) is 1.93. The molecule has 0 saturated carbocycles. The molecule has 1 N–H and O–H groups in total. The summed E-state index contributed by atoms with van der Waals surface area (Å²) in [5.41, 5.74) is 0.710. The van der Waals surface area contributed by atoms with Crippen LogP contribution in [0.2, 0.25) is 0 Å². The second kappa shape index (κ2) is 3.30. The van der Waals surface area contributed by atoms with Gasteiger partial charge in [0.15, 0.2) is 0 Å². The number of nitrogens with zero attached hydrogens (tertiary/aromatic N) is 2. The van der Waals surface area contributed by atoms with E-state index in [2.05, 4.69) is 10.2 Å². The fourth-order valence-electron chi connectivity index (χ4n) is 0.785. The monoisotopic (exact) mass is 153 g/mol. The lowest BCUT2D eigenvalue weighted by molar-refractivity contribution is 0.394. The van der Waals surface area contributed by atoms with Gasteiger partial charge in [-0.05, 0) is 20.2 Å². The number of H-pyrrole nitrogens is 1. The highest BCUT2D eigenvalue weighted by Gasteiger charge is 1.94. The molecule has 1 aromatic rings. The lowest BCUT2D eigenvalue weighted by Crippen LogP contribution is -2.15. The van der Waals surface area contributed by atoms with Crippen molar-refractivity contribution >= 4 is 0 Å². The molecular formula is C7H11N3O. The maximum atomic E-state index is 10.6.